The number of amides is 1. The molecule has 0 heterocycles. The molecule has 29 heavy (non-hydrogen) atoms. The van der Waals surface area contributed by atoms with Gasteiger partial charge in [0.25, 0.3) is 0 Å². The Labute approximate surface area is 174 Å². The minimum absolute atomic E-state index is 0.124. The number of hydrogen-bond donors (Lipinski definition) is 1. The number of nitrogens with zero attached hydrogens (tertiary/aromatic N) is 1. The van der Waals surface area contributed by atoms with Crippen molar-refractivity contribution in [1.29, 1.82) is 0 Å². The Hall–Kier alpha value is -2.64. The minimum atomic E-state index is -3.85. The largest absolute Gasteiger partial charge is 0.324 e. The fraction of sp³-hybridized carbons (Fsp3) is 0.190. The lowest BCUT2D eigenvalue weighted by atomic mass is 10.1. The summed E-state index contributed by atoms with van der Waals surface area (Å²) in [7, 11) is -3.85. The molecule has 8 heteroatoms. The Morgan fingerprint density at radius 1 is 1.14 bits per heavy atom. The zero-order valence-corrected chi connectivity index (χ0v) is 17.5. The van der Waals surface area contributed by atoms with Gasteiger partial charge in [0.2, 0.25) is 15.9 Å². The third kappa shape index (κ3) is 4.52. The first-order chi connectivity index (χ1) is 13.7. The normalized spacial score (nSPS) is 12.6. The Kier molecular flexibility index (Phi) is 6.10. The van der Waals surface area contributed by atoms with Gasteiger partial charge in [0.15, 0.2) is 0 Å². The molecule has 3 aromatic rings. The number of halogens is 2. The maximum absolute atomic E-state index is 13.6. The van der Waals surface area contributed by atoms with Gasteiger partial charge in [-0.3, -0.25) is 9.10 Å². The third-order valence-electron chi connectivity index (χ3n) is 4.53. The number of rotatable bonds is 6. The lowest BCUT2D eigenvalue weighted by Crippen LogP contribution is -2.47. The molecule has 0 radical (unpaired) electrons. The van der Waals surface area contributed by atoms with Crippen LogP contribution in [-0.2, 0) is 14.8 Å². The Bertz CT molecular complexity index is 1160. The number of carbonyl (C=O) groups is 1. The van der Waals surface area contributed by atoms with Crippen LogP contribution in [0.2, 0.25) is 5.02 Å². The van der Waals surface area contributed by atoms with E-state index in [2.05, 4.69) is 5.32 Å². The number of fused-ring (bicyclic) bond motifs is 1. The summed E-state index contributed by atoms with van der Waals surface area (Å²) in [6, 6.07) is 15.6. The van der Waals surface area contributed by atoms with E-state index in [-0.39, 0.29) is 17.1 Å². The topological polar surface area (TPSA) is 66.5 Å². The molecule has 3 aromatic carbocycles. The maximum atomic E-state index is 13.6. The maximum Gasteiger partial charge on any atom is 0.248 e. The molecule has 1 amide bonds. The monoisotopic (exact) mass is 434 g/mol. The number of sulfonamides is 1. The van der Waals surface area contributed by atoms with E-state index in [1.54, 1.807) is 13.0 Å². The molecule has 0 aromatic heterocycles. The van der Waals surface area contributed by atoms with Crippen LogP contribution in [0.5, 0.6) is 0 Å². The van der Waals surface area contributed by atoms with Crippen molar-refractivity contribution in [3.63, 3.8) is 0 Å². The van der Waals surface area contributed by atoms with Crippen molar-refractivity contribution >= 4 is 49.7 Å². The first kappa shape index (κ1) is 21.1. The van der Waals surface area contributed by atoms with E-state index in [9.17, 15) is 17.6 Å². The van der Waals surface area contributed by atoms with Crippen LogP contribution < -0.4 is 9.62 Å². The van der Waals surface area contributed by atoms with Crippen molar-refractivity contribution in [2.24, 2.45) is 0 Å². The molecule has 152 valence electrons. The summed E-state index contributed by atoms with van der Waals surface area (Å²) in [6.07, 6.45) is 1.21. The van der Waals surface area contributed by atoms with E-state index >= 15 is 0 Å². The second-order valence-electron chi connectivity index (χ2n) is 6.60. The molecule has 0 saturated carbocycles. The van der Waals surface area contributed by atoms with E-state index in [1.165, 1.54) is 12.1 Å². The number of nitrogens with one attached hydrogen (secondary N) is 1. The van der Waals surface area contributed by atoms with Crippen LogP contribution >= 0.6 is 11.6 Å². The highest BCUT2D eigenvalue weighted by Gasteiger charge is 2.32. The van der Waals surface area contributed by atoms with E-state index in [0.717, 1.165) is 27.4 Å². The van der Waals surface area contributed by atoms with Crippen molar-refractivity contribution in [2.45, 2.75) is 19.4 Å². The highest BCUT2D eigenvalue weighted by molar-refractivity contribution is 7.92. The van der Waals surface area contributed by atoms with Crippen molar-refractivity contribution < 1.29 is 17.6 Å². The lowest BCUT2D eigenvalue weighted by molar-refractivity contribution is -0.117. The molecular weight excluding hydrogens is 415 g/mol. The van der Waals surface area contributed by atoms with Crippen molar-refractivity contribution in [1.82, 2.24) is 0 Å². The number of hydrogen-bond acceptors (Lipinski definition) is 3. The number of carbonyl (C=O) groups excluding carboxylic acids is 1. The minimum Gasteiger partial charge on any atom is -0.324 e. The second-order valence-corrected chi connectivity index (χ2v) is 8.86. The van der Waals surface area contributed by atoms with Gasteiger partial charge >= 0.3 is 0 Å². The summed E-state index contributed by atoms with van der Waals surface area (Å²) >= 11 is 5.83. The SMILES string of the molecule is CC[C@H](C(=O)Nc1cccc2ccccc12)N(c1ccc(F)c(Cl)c1)S(C)(=O)=O. The van der Waals surface area contributed by atoms with Crippen LogP contribution in [0.3, 0.4) is 0 Å². The van der Waals surface area contributed by atoms with E-state index < -0.39 is 27.8 Å². The molecule has 0 saturated heterocycles. The molecular formula is C21H20ClFN2O3S. The predicted octanol–water partition coefficient (Wildman–Crippen LogP) is 4.82. The molecule has 1 atom stereocenters. The van der Waals surface area contributed by atoms with Crippen molar-refractivity contribution in [3.05, 3.63) is 71.5 Å². The van der Waals surface area contributed by atoms with Gasteiger partial charge in [0.05, 0.1) is 17.0 Å². The smallest absolute Gasteiger partial charge is 0.248 e. The van der Waals surface area contributed by atoms with Gasteiger partial charge in [0, 0.05) is 11.1 Å². The fourth-order valence-corrected chi connectivity index (χ4v) is 4.61. The summed E-state index contributed by atoms with van der Waals surface area (Å²) in [5, 5.41) is 4.40. The van der Waals surface area contributed by atoms with Gasteiger partial charge in [-0.2, -0.15) is 0 Å². The molecule has 0 spiro atoms. The zero-order valence-electron chi connectivity index (χ0n) is 15.9. The summed E-state index contributed by atoms with van der Waals surface area (Å²) in [5.41, 5.74) is 0.705. The number of benzene rings is 3. The van der Waals surface area contributed by atoms with Gasteiger partial charge < -0.3 is 5.32 Å². The average Bonchev–Trinajstić information content (AvgIpc) is 2.67. The highest BCUT2D eigenvalue weighted by Crippen LogP contribution is 2.29. The zero-order chi connectivity index (χ0) is 21.2. The van der Waals surface area contributed by atoms with Gasteiger partial charge in [-0.1, -0.05) is 54.9 Å². The molecule has 0 bridgehead atoms. The van der Waals surface area contributed by atoms with E-state index in [4.69, 9.17) is 11.6 Å². The van der Waals surface area contributed by atoms with Gasteiger partial charge in [-0.05, 0) is 36.1 Å². The molecule has 0 fully saturated rings. The highest BCUT2D eigenvalue weighted by atomic mass is 35.5. The molecule has 5 nitrogen and oxygen atoms in total. The molecule has 0 aliphatic rings. The molecule has 3 rings (SSSR count). The van der Waals surface area contributed by atoms with E-state index in [1.807, 2.05) is 36.4 Å². The van der Waals surface area contributed by atoms with Crippen LogP contribution in [0, 0.1) is 5.82 Å². The Morgan fingerprint density at radius 3 is 2.48 bits per heavy atom. The van der Waals surface area contributed by atoms with Crippen LogP contribution in [0.15, 0.2) is 60.7 Å². The van der Waals surface area contributed by atoms with Crippen LogP contribution in [-0.4, -0.2) is 26.6 Å². The number of anilines is 2. The average molecular weight is 435 g/mol. The summed E-state index contributed by atoms with van der Waals surface area (Å²) < 4.78 is 39.5. The third-order valence-corrected chi connectivity index (χ3v) is 6.00. The van der Waals surface area contributed by atoms with Crippen molar-refractivity contribution in [3.8, 4) is 0 Å². The van der Waals surface area contributed by atoms with Crippen LogP contribution in [0.25, 0.3) is 10.8 Å². The van der Waals surface area contributed by atoms with Crippen LogP contribution in [0.4, 0.5) is 15.8 Å². The van der Waals surface area contributed by atoms with Gasteiger partial charge in [-0.15, -0.1) is 0 Å². The quantitative estimate of drug-likeness (QED) is 0.605. The summed E-state index contributed by atoms with van der Waals surface area (Å²) in [6.45, 7) is 1.71. The lowest BCUT2D eigenvalue weighted by Gasteiger charge is -2.30. The molecule has 0 unspecified atom stereocenters. The standard InChI is InChI=1S/C21H20ClFN2O3S/c1-3-20(25(29(2,27)28)15-11-12-18(23)17(22)13-15)21(26)24-19-10-6-8-14-7-4-5-9-16(14)19/h4-13,20H,3H2,1-2H3,(H,24,26)/t20-/m1/s1. The van der Waals surface area contributed by atoms with Crippen LogP contribution in [0.1, 0.15) is 13.3 Å². The summed E-state index contributed by atoms with van der Waals surface area (Å²) in [4.78, 5) is 13.1. The van der Waals surface area contributed by atoms with E-state index in [0.29, 0.717) is 5.69 Å². The second kappa shape index (κ2) is 8.39. The summed E-state index contributed by atoms with van der Waals surface area (Å²) in [5.74, 6) is -1.16. The first-order valence-electron chi connectivity index (χ1n) is 8.95. The van der Waals surface area contributed by atoms with Gasteiger partial charge in [-0.25, -0.2) is 12.8 Å². The molecule has 0 aliphatic heterocycles. The molecule has 0 aliphatic carbocycles. The first-order valence-corrected chi connectivity index (χ1v) is 11.2. The Balaban J connectivity index is 2.00. The van der Waals surface area contributed by atoms with Gasteiger partial charge in [0.1, 0.15) is 11.9 Å². The Morgan fingerprint density at radius 2 is 1.83 bits per heavy atom. The van der Waals surface area contributed by atoms with Crippen molar-refractivity contribution in [2.75, 3.05) is 15.9 Å². The predicted molar refractivity (Wildman–Crippen MR) is 115 cm³/mol. The fourth-order valence-electron chi connectivity index (χ4n) is 3.23. The molecule has 1 N–H and O–H groups in total.